The molecule has 0 radical (unpaired) electrons. The van der Waals surface area contributed by atoms with Crippen molar-refractivity contribution in [1.29, 1.82) is 0 Å². The maximum Gasteiger partial charge on any atom is 0.342 e. The second-order valence-electron chi connectivity index (χ2n) is 3.58. The van der Waals surface area contributed by atoms with E-state index in [0.717, 1.165) is 10.8 Å². The van der Waals surface area contributed by atoms with Gasteiger partial charge in [0.25, 0.3) is 5.56 Å². The summed E-state index contributed by atoms with van der Waals surface area (Å²) < 4.78 is 0.965. The van der Waals surface area contributed by atoms with Gasteiger partial charge < -0.3 is 5.11 Å². The molecule has 0 spiro atoms. The average molecular weight is 301 g/mol. The number of aromatic amines is 1. The summed E-state index contributed by atoms with van der Waals surface area (Å²) in [4.78, 5) is 35.7. The normalized spacial score (nSPS) is 10.4. The summed E-state index contributed by atoms with van der Waals surface area (Å²) in [6.45, 7) is 0. The number of rotatable bonds is 2. The number of nitrogens with one attached hydrogen (secondary N) is 1. The van der Waals surface area contributed by atoms with Gasteiger partial charge in [0, 0.05) is 6.20 Å². The highest BCUT2D eigenvalue weighted by atomic mass is 35.5. The molecule has 0 atom stereocenters. The topological polar surface area (TPSA) is 92.2 Å². The Balaban J connectivity index is 2.71. The molecule has 6 nitrogen and oxygen atoms in total. The molecule has 0 saturated carbocycles. The molecule has 2 N–H and O–H groups in total. The van der Waals surface area contributed by atoms with Crippen LogP contribution in [0.15, 0.2) is 34.0 Å². The third kappa shape index (κ3) is 2.54. The lowest BCUT2D eigenvalue weighted by molar-refractivity contribution is 0.0694. The third-order valence-electron chi connectivity index (χ3n) is 2.35. The quantitative estimate of drug-likeness (QED) is 0.880. The van der Waals surface area contributed by atoms with Crippen molar-refractivity contribution < 1.29 is 9.90 Å². The maximum atomic E-state index is 11.6. The fourth-order valence-corrected chi connectivity index (χ4v) is 1.74. The minimum atomic E-state index is -1.44. The van der Waals surface area contributed by atoms with Crippen LogP contribution in [-0.4, -0.2) is 20.6 Å². The first kappa shape index (κ1) is 13.4. The second-order valence-corrected chi connectivity index (χ2v) is 4.39. The monoisotopic (exact) mass is 300 g/mol. The second kappa shape index (κ2) is 4.91. The van der Waals surface area contributed by atoms with E-state index in [0.29, 0.717) is 5.02 Å². The molecule has 0 unspecified atom stereocenters. The van der Waals surface area contributed by atoms with Crippen molar-refractivity contribution in [2.45, 2.75) is 0 Å². The van der Waals surface area contributed by atoms with Gasteiger partial charge in [0.1, 0.15) is 5.56 Å². The predicted molar refractivity (Wildman–Crippen MR) is 69.6 cm³/mol. The lowest BCUT2D eigenvalue weighted by Gasteiger charge is -2.07. The number of carboxylic acids is 1. The van der Waals surface area contributed by atoms with Crippen LogP contribution in [0.25, 0.3) is 5.69 Å². The SMILES string of the molecule is O=C(O)c1cn(-c2ccc(Cl)c(Cl)c2)c(=O)[nH]c1=O. The zero-order valence-corrected chi connectivity index (χ0v) is 10.7. The summed E-state index contributed by atoms with van der Waals surface area (Å²) in [7, 11) is 0. The molecule has 8 heteroatoms. The molecule has 0 saturated heterocycles. The number of carbonyl (C=O) groups is 1. The average Bonchev–Trinajstić information content (AvgIpc) is 2.32. The van der Waals surface area contributed by atoms with Crippen LogP contribution in [0.3, 0.4) is 0 Å². The van der Waals surface area contributed by atoms with Crippen molar-refractivity contribution in [1.82, 2.24) is 9.55 Å². The van der Waals surface area contributed by atoms with Crippen molar-refractivity contribution in [2.75, 3.05) is 0 Å². The van der Waals surface area contributed by atoms with Gasteiger partial charge in [0.05, 0.1) is 15.7 Å². The number of hydrogen-bond donors (Lipinski definition) is 2. The van der Waals surface area contributed by atoms with E-state index < -0.39 is 22.8 Å². The first-order valence-corrected chi connectivity index (χ1v) is 5.70. The summed E-state index contributed by atoms with van der Waals surface area (Å²) in [6, 6.07) is 4.31. The summed E-state index contributed by atoms with van der Waals surface area (Å²) in [5.41, 5.74) is -1.99. The molecule has 1 aromatic heterocycles. The minimum Gasteiger partial charge on any atom is -0.477 e. The minimum absolute atomic E-state index is 0.203. The number of H-pyrrole nitrogens is 1. The van der Waals surface area contributed by atoms with Crippen LogP contribution in [0, 0.1) is 0 Å². The van der Waals surface area contributed by atoms with E-state index >= 15 is 0 Å². The fourth-order valence-electron chi connectivity index (χ4n) is 1.45. The Kier molecular flexibility index (Phi) is 3.46. The van der Waals surface area contributed by atoms with Gasteiger partial charge in [-0.1, -0.05) is 23.2 Å². The highest BCUT2D eigenvalue weighted by Crippen LogP contribution is 2.23. The van der Waals surface area contributed by atoms with Gasteiger partial charge in [-0.25, -0.2) is 9.59 Å². The molecule has 0 aliphatic carbocycles. The lowest BCUT2D eigenvalue weighted by atomic mass is 10.3. The molecule has 0 fully saturated rings. The Morgan fingerprint density at radius 3 is 2.47 bits per heavy atom. The molecular weight excluding hydrogens is 295 g/mol. The molecule has 0 amide bonds. The van der Waals surface area contributed by atoms with E-state index in [1.54, 1.807) is 0 Å². The van der Waals surface area contributed by atoms with E-state index in [1.807, 2.05) is 4.98 Å². The van der Waals surface area contributed by atoms with Crippen LogP contribution in [0.2, 0.25) is 10.0 Å². The van der Waals surface area contributed by atoms with E-state index in [-0.39, 0.29) is 10.7 Å². The molecule has 0 aliphatic rings. The van der Waals surface area contributed by atoms with E-state index in [4.69, 9.17) is 28.3 Å². The van der Waals surface area contributed by atoms with Gasteiger partial charge in [0.2, 0.25) is 0 Å². The highest BCUT2D eigenvalue weighted by molar-refractivity contribution is 6.42. The summed E-state index contributed by atoms with van der Waals surface area (Å²) in [5.74, 6) is -1.44. The van der Waals surface area contributed by atoms with Crippen molar-refractivity contribution in [3.8, 4) is 5.69 Å². The predicted octanol–water partition coefficient (Wildman–Crippen LogP) is 1.53. The summed E-state index contributed by atoms with van der Waals surface area (Å²) in [5, 5.41) is 9.34. The van der Waals surface area contributed by atoms with Crippen LogP contribution < -0.4 is 11.2 Å². The van der Waals surface area contributed by atoms with Gasteiger partial charge >= 0.3 is 11.7 Å². The van der Waals surface area contributed by atoms with Crippen LogP contribution in [0.1, 0.15) is 10.4 Å². The first-order chi connectivity index (χ1) is 8.90. The number of nitrogens with zero attached hydrogens (tertiary/aromatic N) is 1. The van der Waals surface area contributed by atoms with Gasteiger partial charge in [-0.3, -0.25) is 14.3 Å². The third-order valence-corrected chi connectivity index (χ3v) is 3.09. The van der Waals surface area contributed by atoms with Gasteiger partial charge in [-0.15, -0.1) is 0 Å². The van der Waals surface area contributed by atoms with E-state index in [1.165, 1.54) is 18.2 Å². The number of aromatic carboxylic acids is 1. The molecule has 2 rings (SSSR count). The zero-order chi connectivity index (χ0) is 14.2. The van der Waals surface area contributed by atoms with Crippen LogP contribution in [0.5, 0.6) is 0 Å². The Morgan fingerprint density at radius 1 is 1.21 bits per heavy atom. The molecule has 2 aromatic rings. The van der Waals surface area contributed by atoms with Gasteiger partial charge in [0.15, 0.2) is 0 Å². The summed E-state index contributed by atoms with van der Waals surface area (Å²) >= 11 is 11.6. The standard InChI is InChI=1S/C11H6Cl2N2O4/c12-7-2-1-5(3-8(7)13)15-4-6(10(17)18)9(16)14-11(15)19/h1-4H,(H,17,18)(H,14,16,19). The lowest BCUT2D eigenvalue weighted by Crippen LogP contribution is -2.32. The number of carboxylic acid groups (broad SMARTS) is 1. The maximum absolute atomic E-state index is 11.6. The summed E-state index contributed by atoms with van der Waals surface area (Å²) in [6.07, 6.45) is 0.934. The number of benzene rings is 1. The molecule has 0 aliphatic heterocycles. The Bertz CT molecular complexity index is 779. The van der Waals surface area contributed by atoms with E-state index in [2.05, 4.69) is 0 Å². The van der Waals surface area contributed by atoms with Gasteiger partial charge in [-0.05, 0) is 18.2 Å². The molecular formula is C11H6Cl2N2O4. The van der Waals surface area contributed by atoms with Crippen molar-refractivity contribution in [3.05, 3.63) is 60.8 Å². The van der Waals surface area contributed by atoms with Crippen molar-refractivity contribution >= 4 is 29.2 Å². The Labute approximate surface area is 115 Å². The molecule has 1 aromatic carbocycles. The largest absolute Gasteiger partial charge is 0.477 e. The van der Waals surface area contributed by atoms with Crippen molar-refractivity contribution in [3.63, 3.8) is 0 Å². The highest BCUT2D eigenvalue weighted by Gasteiger charge is 2.12. The van der Waals surface area contributed by atoms with Crippen LogP contribution in [-0.2, 0) is 0 Å². The Hall–Kier alpha value is -2.05. The number of halogens is 2. The molecule has 1 heterocycles. The molecule has 19 heavy (non-hydrogen) atoms. The van der Waals surface area contributed by atoms with Gasteiger partial charge in [-0.2, -0.15) is 0 Å². The Morgan fingerprint density at radius 2 is 1.89 bits per heavy atom. The smallest absolute Gasteiger partial charge is 0.342 e. The first-order valence-electron chi connectivity index (χ1n) is 4.95. The van der Waals surface area contributed by atoms with Crippen LogP contribution >= 0.6 is 23.2 Å². The number of hydrogen-bond acceptors (Lipinski definition) is 3. The molecule has 0 bridgehead atoms. The number of aromatic nitrogens is 2. The van der Waals surface area contributed by atoms with Crippen molar-refractivity contribution in [2.24, 2.45) is 0 Å². The fraction of sp³-hybridized carbons (Fsp3) is 0. The molecule has 98 valence electrons. The van der Waals surface area contributed by atoms with Crippen LogP contribution in [0.4, 0.5) is 0 Å². The zero-order valence-electron chi connectivity index (χ0n) is 9.18. The van der Waals surface area contributed by atoms with E-state index in [9.17, 15) is 14.4 Å².